The number of nitrogens with zero attached hydrogens (tertiary/aromatic N) is 1. The molecule has 0 amide bonds. The van der Waals surface area contributed by atoms with Crippen LogP contribution in [0.1, 0.15) is 36.9 Å². The fourth-order valence-corrected chi connectivity index (χ4v) is 1.98. The Kier molecular flexibility index (Phi) is 4.62. The van der Waals surface area contributed by atoms with Crippen molar-refractivity contribution in [2.45, 2.75) is 33.8 Å². The Balaban J connectivity index is 2.32. The zero-order chi connectivity index (χ0) is 15.4. The minimum Gasteiger partial charge on any atom is -0.491 e. The second kappa shape index (κ2) is 6.43. The Morgan fingerprint density at radius 3 is 2.52 bits per heavy atom. The topological polar surface area (TPSA) is 61.6 Å². The molecule has 0 fully saturated rings. The molecule has 21 heavy (non-hydrogen) atoms. The number of carbonyl (C=O) groups excluding carboxylic acids is 1. The lowest BCUT2D eigenvalue weighted by Gasteiger charge is -2.09. The van der Waals surface area contributed by atoms with Crippen molar-refractivity contribution in [2.24, 2.45) is 0 Å². The summed E-state index contributed by atoms with van der Waals surface area (Å²) in [5.41, 5.74) is 1.64. The number of benzene rings is 1. The van der Waals surface area contributed by atoms with Crippen LogP contribution < -0.4 is 4.74 Å². The lowest BCUT2D eigenvalue weighted by molar-refractivity contribution is 0.0525. The molecule has 0 spiro atoms. The lowest BCUT2D eigenvalue weighted by Crippen LogP contribution is -2.07. The van der Waals surface area contributed by atoms with Gasteiger partial charge in [-0.25, -0.2) is 4.79 Å². The fourth-order valence-electron chi connectivity index (χ4n) is 1.98. The average molecular weight is 289 g/mol. The van der Waals surface area contributed by atoms with Gasteiger partial charge in [0.1, 0.15) is 22.8 Å². The molecule has 5 heteroatoms. The molecule has 112 valence electrons. The van der Waals surface area contributed by atoms with E-state index in [1.165, 1.54) is 0 Å². The van der Waals surface area contributed by atoms with Gasteiger partial charge in [-0.3, -0.25) is 0 Å². The Bertz CT molecular complexity index is 614. The van der Waals surface area contributed by atoms with Crippen molar-refractivity contribution in [1.82, 2.24) is 5.16 Å². The molecule has 2 aromatic rings. The number of hydrogen-bond acceptors (Lipinski definition) is 5. The summed E-state index contributed by atoms with van der Waals surface area (Å²) < 4.78 is 15.8. The van der Waals surface area contributed by atoms with E-state index < -0.39 is 5.97 Å². The van der Waals surface area contributed by atoms with Crippen LogP contribution in [0.2, 0.25) is 0 Å². The van der Waals surface area contributed by atoms with Crippen LogP contribution in [0.4, 0.5) is 0 Å². The average Bonchev–Trinajstić information content (AvgIpc) is 2.81. The van der Waals surface area contributed by atoms with Gasteiger partial charge in [0.2, 0.25) is 0 Å². The highest BCUT2D eigenvalue weighted by Crippen LogP contribution is 2.27. The molecule has 0 atom stereocenters. The Hall–Kier alpha value is -2.30. The standard InChI is InChI=1S/C16H19NO4/c1-5-19-16(18)14-11(4)21-17-15(14)12-6-8-13(9-7-12)20-10(2)3/h6-10H,5H2,1-4H3. The van der Waals surface area contributed by atoms with Gasteiger partial charge in [0.15, 0.2) is 0 Å². The molecule has 1 aromatic carbocycles. The normalized spacial score (nSPS) is 10.7. The molecular weight excluding hydrogens is 270 g/mol. The minimum atomic E-state index is -0.422. The number of hydrogen-bond donors (Lipinski definition) is 0. The highest BCUT2D eigenvalue weighted by molar-refractivity contribution is 5.97. The molecule has 0 aliphatic heterocycles. The molecule has 0 aliphatic rings. The largest absolute Gasteiger partial charge is 0.491 e. The van der Waals surface area contributed by atoms with Crippen molar-refractivity contribution in [2.75, 3.05) is 6.61 Å². The van der Waals surface area contributed by atoms with Gasteiger partial charge in [-0.1, -0.05) is 5.16 Å². The highest BCUT2D eigenvalue weighted by atomic mass is 16.5. The van der Waals surface area contributed by atoms with Gasteiger partial charge >= 0.3 is 5.97 Å². The summed E-state index contributed by atoms with van der Waals surface area (Å²) >= 11 is 0. The SMILES string of the molecule is CCOC(=O)c1c(-c2ccc(OC(C)C)cc2)noc1C. The summed E-state index contributed by atoms with van der Waals surface area (Å²) in [6.07, 6.45) is 0.111. The first-order valence-electron chi connectivity index (χ1n) is 6.93. The molecule has 0 N–H and O–H groups in total. The maximum atomic E-state index is 12.0. The van der Waals surface area contributed by atoms with E-state index in [1.54, 1.807) is 13.8 Å². The first-order chi connectivity index (χ1) is 10.0. The van der Waals surface area contributed by atoms with Crippen LogP contribution in [-0.4, -0.2) is 23.8 Å². The third kappa shape index (κ3) is 3.42. The van der Waals surface area contributed by atoms with Gasteiger partial charge in [-0.2, -0.15) is 0 Å². The molecule has 0 radical (unpaired) electrons. The first kappa shape index (κ1) is 15.1. The molecule has 0 unspecified atom stereocenters. The molecule has 0 saturated carbocycles. The van der Waals surface area contributed by atoms with Crippen LogP contribution in [0.5, 0.6) is 5.75 Å². The molecule has 0 aliphatic carbocycles. The predicted molar refractivity (Wildman–Crippen MR) is 78.4 cm³/mol. The molecular formula is C16H19NO4. The summed E-state index contributed by atoms with van der Waals surface area (Å²) in [5.74, 6) is 0.798. The van der Waals surface area contributed by atoms with E-state index in [0.29, 0.717) is 23.6 Å². The van der Waals surface area contributed by atoms with Crippen molar-refractivity contribution in [3.8, 4) is 17.0 Å². The van der Waals surface area contributed by atoms with Gasteiger partial charge < -0.3 is 14.0 Å². The van der Waals surface area contributed by atoms with Crippen LogP contribution in [0.25, 0.3) is 11.3 Å². The second-order valence-electron chi connectivity index (χ2n) is 4.87. The van der Waals surface area contributed by atoms with E-state index in [2.05, 4.69) is 5.16 Å². The second-order valence-corrected chi connectivity index (χ2v) is 4.87. The van der Waals surface area contributed by atoms with Crippen LogP contribution in [0.3, 0.4) is 0 Å². The summed E-state index contributed by atoms with van der Waals surface area (Å²) in [5, 5.41) is 3.96. The quantitative estimate of drug-likeness (QED) is 0.787. The fraction of sp³-hybridized carbons (Fsp3) is 0.375. The zero-order valence-electron chi connectivity index (χ0n) is 12.7. The van der Waals surface area contributed by atoms with Gasteiger partial charge in [-0.15, -0.1) is 0 Å². The molecule has 2 rings (SSSR count). The van der Waals surface area contributed by atoms with E-state index >= 15 is 0 Å². The molecule has 0 saturated heterocycles. The predicted octanol–water partition coefficient (Wildman–Crippen LogP) is 3.61. The number of esters is 1. The van der Waals surface area contributed by atoms with Crippen molar-refractivity contribution in [3.05, 3.63) is 35.6 Å². The number of ether oxygens (including phenoxy) is 2. The highest BCUT2D eigenvalue weighted by Gasteiger charge is 2.22. The van der Waals surface area contributed by atoms with Crippen LogP contribution in [0.15, 0.2) is 28.8 Å². The summed E-state index contributed by atoms with van der Waals surface area (Å²) in [6.45, 7) is 7.70. The van der Waals surface area contributed by atoms with E-state index in [4.69, 9.17) is 14.0 Å². The van der Waals surface area contributed by atoms with E-state index in [0.717, 1.165) is 11.3 Å². The number of aromatic nitrogens is 1. The smallest absolute Gasteiger partial charge is 0.344 e. The Morgan fingerprint density at radius 1 is 1.29 bits per heavy atom. The third-order valence-electron chi connectivity index (χ3n) is 2.84. The van der Waals surface area contributed by atoms with Crippen LogP contribution >= 0.6 is 0 Å². The van der Waals surface area contributed by atoms with Gasteiger partial charge in [0.25, 0.3) is 0 Å². The Morgan fingerprint density at radius 2 is 1.95 bits per heavy atom. The summed E-state index contributed by atoms with van der Waals surface area (Å²) in [6, 6.07) is 7.37. The maximum Gasteiger partial charge on any atom is 0.344 e. The lowest BCUT2D eigenvalue weighted by atomic mass is 10.1. The summed E-state index contributed by atoms with van der Waals surface area (Å²) in [7, 11) is 0. The van der Waals surface area contributed by atoms with E-state index in [-0.39, 0.29) is 6.10 Å². The molecule has 5 nitrogen and oxygen atoms in total. The molecule has 1 heterocycles. The number of carbonyl (C=O) groups is 1. The first-order valence-corrected chi connectivity index (χ1v) is 6.93. The molecule has 0 bridgehead atoms. The van der Waals surface area contributed by atoms with Crippen LogP contribution in [-0.2, 0) is 4.74 Å². The van der Waals surface area contributed by atoms with E-state index in [9.17, 15) is 4.79 Å². The van der Waals surface area contributed by atoms with Gasteiger partial charge in [-0.05, 0) is 52.0 Å². The van der Waals surface area contributed by atoms with Crippen molar-refractivity contribution in [3.63, 3.8) is 0 Å². The van der Waals surface area contributed by atoms with E-state index in [1.807, 2.05) is 38.1 Å². The third-order valence-corrected chi connectivity index (χ3v) is 2.84. The maximum absolute atomic E-state index is 12.0. The van der Waals surface area contributed by atoms with Crippen LogP contribution in [0, 0.1) is 6.92 Å². The van der Waals surface area contributed by atoms with Crippen molar-refractivity contribution >= 4 is 5.97 Å². The van der Waals surface area contributed by atoms with Gasteiger partial charge in [0, 0.05) is 5.56 Å². The number of aryl methyl sites for hydroxylation is 1. The van der Waals surface area contributed by atoms with Crippen molar-refractivity contribution in [1.29, 1.82) is 0 Å². The minimum absolute atomic E-state index is 0.111. The monoisotopic (exact) mass is 289 g/mol. The van der Waals surface area contributed by atoms with Gasteiger partial charge in [0.05, 0.1) is 12.7 Å². The zero-order valence-corrected chi connectivity index (χ0v) is 12.7. The Labute approximate surface area is 123 Å². The molecule has 1 aromatic heterocycles. The summed E-state index contributed by atoms with van der Waals surface area (Å²) in [4.78, 5) is 12.0. The van der Waals surface area contributed by atoms with Crippen molar-refractivity contribution < 1.29 is 18.8 Å². The number of rotatable bonds is 5.